The highest BCUT2D eigenvalue weighted by Gasteiger charge is 2.09. The van der Waals surface area contributed by atoms with Gasteiger partial charge in [-0.3, -0.25) is 0 Å². The quantitative estimate of drug-likeness (QED) is 0.471. The van der Waals surface area contributed by atoms with Crippen molar-refractivity contribution in [3.8, 4) is 0 Å². The smallest absolute Gasteiger partial charge is 0.223 e. The van der Waals surface area contributed by atoms with Crippen molar-refractivity contribution in [3.63, 3.8) is 0 Å². The van der Waals surface area contributed by atoms with E-state index < -0.39 is 0 Å². The minimum Gasteiger partial charge on any atom is -0.348 e. The molecule has 0 radical (unpaired) electrons. The molecule has 0 saturated heterocycles. The zero-order valence-corrected chi connectivity index (χ0v) is 16.1. The fourth-order valence-corrected chi connectivity index (χ4v) is 3.23. The minimum atomic E-state index is 0.0787. The number of nitrogens with zero attached hydrogens (tertiary/aromatic N) is 3. The van der Waals surface area contributed by atoms with Crippen LogP contribution in [0.5, 0.6) is 0 Å². The van der Waals surface area contributed by atoms with Gasteiger partial charge in [0.1, 0.15) is 5.65 Å². The summed E-state index contributed by atoms with van der Waals surface area (Å²) in [4.78, 5) is 16.3. The molecule has 0 aliphatic carbocycles. The van der Waals surface area contributed by atoms with Gasteiger partial charge in [-0.25, -0.2) is 15.0 Å². The number of aromatic nitrogens is 4. The Labute approximate surface area is 166 Å². The van der Waals surface area contributed by atoms with Crippen LogP contribution in [-0.4, -0.2) is 19.9 Å². The molecule has 0 aliphatic heterocycles. The van der Waals surface area contributed by atoms with E-state index in [1.165, 1.54) is 0 Å². The molecule has 5 nitrogen and oxygen atoms in total. The van der Waals surface area contributed by atoms with E-state index in [0.29, 0.717) is 17.4 Å². The first-order valence-corrected chi connectivity index (χ1v) is 9.28. The van der Waals surface area contributed by atoms with E-state index in [-0.39, 0.29) is 6.04 Å². The average Bonchev–Trinajstić information content (AvgIpc) is 3.06. The predicted molar refractivity (Wildman–Crippen MR) is 109 cm³/mol. The van der Waals surface area contributed by atoms with Crippen LogP contribution in [0.3, 0.4) is 0 Å². The summed E-state index contributed by atoms with van der Waals surface area (Å²) in [5.41, 5.74) is 4.07. The molecule has 0 spiro atoms. The number of nitrogens with one attached hydrogen (secondary N) is 2. The lowest BCUT2D eigenvalue weighted by Crippen LogP contribution is -2.09. The third-order valence-corrected chi connectivity index (χ3v) is 4.86. The Bertz CT molecular complexity index is 1060. The number of rotatable bonds is 5. The molecule has 0 fully saturated rings. The molecule has 136 valence electrons. The number of fused-ring (bicyclic) bond motifs is 1. The van der Waals surface area contributed by atoms with Gasteiger partial charge in [-0.1, -0.05) is 35.3 Å². The van der Waals surface area contributed by atoms with Crippen molar-refractivity contribution >= 4 is 40.2 Å². The summed E-state index contributed by atoms with van der Waals surface area (Å²) < 4.78 is 0. The molecule has 0 saturated carbocycles. The largest absolute Gasteiger partial charge is 0.348 e. The lowest BCUT2D eigenvalue weighted by molar-refractivity contribution is 0.858. The Kier molecular flexibility index (Phi) is 4.97. The molecule has 1 atom stereocenters. The Morgan fingerprint density at radius 2 is 1.74 bits per heavy atom. The zero-order chi connectivity index (χ0) is 18.8. The second-order valence-corrected chi connectivity index (χ2v) is 7.25. The maximum Gasteiger partial charge on any atom is 0.223 e. The fourth-order valence-electron chi connectivity index (χ4n) is 2.95. The molecular weight excluding hydrogens is 381 g/mol. The van der Waals surface area contributed by atoms with Gasteiger partial charge in [-0.05, 0) is 41.8 Å². The van der Waals surface area contributed by atoms with Crippen LogP contribution < -0.4 is 5.32 Å². The number of hydrogen-bond acceptors (Lipinski definition) is 4. The van der Waals surface area contributed by atoms with E-state index in [1.807, 2.05) is 48.9 Å². The van der Waals surface area contributed by atoms with Gasteiger partial charge in [-0.2, -0.15) is 0 Å². The van der Waals surface area contributed by atoms with Crippen LogP contribution in [0.2, 0.25) is 10.0 Å². The number of hydrogen-bond donors (Lipinski definition) is 2. The van der Waals surface area contributed by atoms with Crippen molar-refractivity contribution in [1.29, 1.82) is 0 Å². The Balaban J connectivity index is 1.47. The number of benzene rings is 1. The Hall–Kier alpha value is -2.63. The number of H-pyrrole nitrogens is 1. The van der Waals surface area contributed by atoms with Gasteiger partial charge in [0.25, 0.3) is 0 Å². The highest BCUT2D eigenvalue weighted by molar-refractivity contribution is 6.31. The number of aromatic amines is 1. The highest BCUT2D eigenvalue weighted by atomic mass is 35.5. The summed E-state index contributed by atoms with van der Waals surface area (Å²) in [6, 6.07) is 9.73. The van der Waals surface area contributed by atoms with Crippen molar-refractivity contribution in [2.45, 2.75) is 19.4 Å². The van der Waals surface area contributed by atoms with E-state index in [9.17, 15) is 0 Å². The van der Waals surface area contributed by atoms with Gasteiger partial charge in [0.15, 0.2) is 0 Å². The Morgan fingerprint density at radius 3 is 2.48 bits per heavy atom. The van der Waals surface area contributed by atoms with Crippen LogP contribution >= 0.6 is 23.2 Å². The molecular formula is C20H17Cl2N5. The molecule has 3 aromatic heterocycles. The summed E-state index contributed by atoms with van der Waals surface area (Å²) in [5.74, 6) is 0.588. The molecule has 0 aliphatic rings. The SMILES string of the molecule is CC(Nc1ncc(Cc2c[nH]c3ncc(Cl)cc23)cn1)c1ccc(Cl)cc1. The van der Waals surface area contributed by atoms with Crippen LogP contribution in [0.4, 0.5) is 5.95 Å². The van der Waals surface area contributed by atoms with Crippen LogP contribution in [0.15, 0.2) is 55.1 Å². The molecule has 3 heterocycles. The molecule has 1 unspecified atom stereocenters. The molecule has 4 aromatic rings. The molecule has 4 rings (SSSR count). The normalized spacial score (nSPS) is 12.3. The maximum atomic E-state index is 6.06. The topological polar surface area (TPSA) is 66.5 Å². The third-order valence-electron chi connectivity index (χ3n) is 4.40. The monoisotopic (exact) mass is 397 g/mol. The van der Waals surface area contributed by atoms with Gasteiger partial charge in [0.2, 0.25) is 5.95 Å². The summed E-state index contributed by atoms with van der Waals surface area (Å²) in [6.07, 6.45) is 7.95. The summed E-state index contributed by atoms with van der Waals surface area (Å²) in [5, 5.41) is 5.66. The third kappa shape index (κ3) is 4.04. The number of anilines is 1. The molecule has 27 heavy (non-hydrogen) atoms. The molecule has 1 aromatic carbocycles. The van der Waals surface area contributed by atoms with Crippen molar-refractivity contribution in [2.24, 2.45) is 0 Å². The van der Waals surface area contributed by atoms with Crippen LogP contribution in [-0.2, 0) is 6.42 Å². The lowest BCUT2D eigenvalue weighted by Gasteiger charge is -2.14. The van der Waals surface area contributed by atoms with Crippen molar-refractivity contribution in [1.82, 2.24) is 19.9 Å². The van der Waals surface area contributed by atoms with Crippen molar-refractivity contribution < 1.29 is 0 Å². The van der Waals surface area contributed by atoms with Gasteiger partial charge in [0.05, 0.1) is 11.1 Å². The first-order chi connectivity index (χ1) is 13.1. The lowest BCUT2D eigenvalue weighted by atomic mass is 10.1. The predicted octanol–water partition coefficient (Wildman–Crippen LogP) is 5.42. The first-order valence-electron chi connectivity index (χ1n) is 8.53. The first kappa shape index (κ1) is 17.8. The second-order valence-electron chi connectivity index (χ2n) is 6.37. The Morgan fingerprint density at radius 1 is 1.00 bits per heavy atom. The van der Waals surface area contributed by atoms with Crippen molar-refractivity contribution in [2.75, 3.05) is 5.32 Å². The minimum absolute atomic E-state index is 0.0787. The summed E-state index contributed by atoms with van der Waals surface area (Å²) in [6.45, 7) is 2.06. The molecule has 7 heteroatoms. The molecule has 2 N–H and O–H groups in total. The zero-order valence-electron chi connectivity index (χ0n) is 14.6. The molecule has 0 bridgehead atoms. The summed E-state index contributed by atoms with van der Waals surface area (Å²) in [7, 11) is 0. The molecule has 0 amide bonds. The number of pyridine rings is 1. The fraction of sp³-hybridized carbons (Fsp3) is 0.150. The van der Waals surface area contributed by atoms with Gasteiger partial charge < -0.3 is 10.3 Å². The van der Waals surface area contributed by atoms with Crippen molar-refractivity contribution in [3.05, 3.63) is 81.9 Å². The van der Waals surface area contributed by atoms with E-state index in [2.05, 4.69) is 32.2 Å². The van der Waals surface area contributed by atoms with Crippen LogP contribution in [0, 0.1) is 0 Å². The van der Waals surface area contributed by atoms with E-state index in [0.717, 1.165) is 32.7 Å². The van der Waals surface area contributed by atoms with Gasteiger partial charge in [-0.15, -0.1) is 0 Å². The van der Waals surface area contributed by atoms with Gasteiger partial charge >= 0.3 is 0 Å². The summed E-state index contributed by atoms with van der Waals surface area (Å²) >= 11 is 12.0. The maximum absolute atomic E-state index is 6.06. The van der Waals surface area contributed by atoms with E-state index in [1.54, 1.807) is 6.20 Å². The van der Waals surface area contributed by atoms with Gasteiger partial charge in [0, 0.05) is 41.6 Å². The highest BCUT2D eigenvalue weighted by Crippen LogP contribution is 2.23. The standard InChI is InChI=1S/C20H17Cl2N5/c1-12(14-2-4-16(21)5-3-14)27-20-25-8-13(9-26-20)6-15-10-23-19-18(15)7-17(22)11-24-19/h2-5,7-12H,6H2,1H3,(H,23,24)(H,25,26,27). The van der Waals surface area contributed by atoms with E-state index >= 15 is 0 Å². The second kappa shape index (κ2) is 7.55. The average molecular weight is 398 g/mol. The van der Waals surface area contributed by atoms with E-state index in [4.69, 9.17) is 23.2 Å². The van der Waals surface area contributed by atoms with Crippen LogP contribution in [0.25, 0.3) is 11.0 Å². The van der Waals surface area contributed by atoms with Crippen LogP contribution in [0.1, 0.15) is 29.7 Å². The number of halogens is 2.